The van der Waals surface area contributed by atoms with Crippen molar-refractivity contribution in [2.45, 2.75) is 18.6 Å². The molecule has 0 spiro atoms. The molecule has 0 radical (unpaired) electrons. The SMILES string of the molecule is O=C(C1COc2ccccc2O1)N1N=C(c2ccc(Br)cc2)CC1c1ccc(F)cc1. The van der Waals surface area contributed by atoms with Gasteiger partial charge in [-0.2, -0.15) is 5.10 Å². The fraction of sp³-hybridized carbons (Fsp3) is 0.167. The molecule has 0 bridgehead atoms. The number of benzene rings is 3. The van der Waals surface area contributed by atoms with E-state index >= 15 is 0 Å². The Kier molecular flexibility index (Phi) is 5.19. The van der Waals surface area contributed by atoms with Gasteiger partial charge in [-0.25, -0.2) is 9.40 Å². The topological polar surface area (TPSA) is 51.1 Å². The smallest absolute Gasteiger partial charge is 0.287 e. The zero-order valence-corrected chi connectivity index (χ0v) is 18.0. The minimum atomic E-state index is -0.814. The minimum absolute atomic E-state index is 0.103. The Balaban J connectivity index is 1.46. The number of halogens is 2. The molecule has 5 rings (SSSR count). The van der Waals surface area contributed by atoms with Crippen LogP contribution in [0.2, 0.25) is 0 Å². The van der Waals surface area contributed by atoms with E-state index in [1.165, 1.54) is 17.1 Å². The van der Waals surface area contributed by atoms with Gasteiger partial charge in [-0.3, -0.25) is 4.79 Å². The third-order valence-electron chi connectivity index (χ3n) is 5.35. The highest BCUT2D eigenvalue weighted by molar-refractivity contribution is 9.10. The van der Waals surface area contributed by atoms with Crippen LogP contribution in [0.4, 0.5) is 4.39 Å². The van der Waals surface area contributed by atoms with Crippen molar-refractivity contribution in [1.82, 2.24) is 5.01 Å². The zero-order chi connectivity index (χ0) is 21.4. The van der Waals surface area contributed by atoms with Crippen LogP contribution in [0, 0.1) is 5.82 Å². The Hall–Kier alpha value is -3.19. The third-order valence-corrected chi connectivity index (χ3v) is 5.88. The normalized spacial score (nSPS) is 19.8. The molecule has 0 saturated carbocycles. The van der Waals surface area contributed by atoms with E-state index in [2.05, 4.69) is 21.0 Å². The molecule has 5 nitrogen and oxygen atoms in total. The lowest BCUT2D eigenvalue weighted by molar-refractivity contribution is -0.143. The maximum absolute atomic E-state index is 13.5. The Morgan fingerprint density at radius 3 is 2.45 bits per heavy atom. The van der Waals surface area contributed by atoms with Gasteiger partial charge in [0, 0.05) is 10.9 Å². The van der Waals surface area contributed by atoms with E-state index in [1.807, 2.05) is 36.4 Å². The maximum Gasteiger partial charge on any atom is 0.287 e. The van der Waals surface area contributed by atoms with Crippen LogP contribution in [-0.2, 0) is 4.79 Å². The highest BCUT2D eigenvalue weighted by atomic mass is 79.9. The molecule has 2 heterocycles. The quantitative estimate of drug-likeness (QED) is 0.523. The molecule has 3 aromatic rings. The Morgan fingerprint density at radius 2 is 1.71 bits per heavy atom. The first-order chi connectivity index (χ1) is 15.1. The van der Waals surface area contributed by atoms with Gasteiger partial charge in [-0.15, -0.1) is 0 Å². The molecule has 0 fully saturated rings. The number of rotatable bonds is 3. The van der Waals surface area contributed by atoms with Crippen molar-refractivity contribution >= 4 is 27.5 Å². The van der Waals surface area contributed by atoms with Crippen LogP contribution in [0.15, 0.2) is 82.4 Å². The Bertz CT molecular complexity index is 1150. The van der Waals surface area contributed by atoms with E-state index in [0.717, 1.165) is 21.3 Å². The highest BCUT2D eigenvalue weighted by Gasteiger charge is 2.39. The second-order valence-corrected chi connectivity index (χ2v) is 8.29. The van der Waals surface area contributed by atoms with Crippen LogP contribution < -0.4 is 9.47 Å². The van der Waals surface area contributed by atoms with E-state index in [0.29, 0.717) is 17.9 Å². The maximum atomic E-state index is 13.5. The lowest BCUT2D eigenvalue weighted by Crippen LogP contribution is -2.44. The lowest BCUT2D eigenvalue weighted by atomic mass is 9.98. The molecule has 2 unspecified atom stereocenters. The molecule has 0 N–H and O–H groups in total. The number of carbonyl (C=O) groups excluding carboxylic acids is 1. The van der Waals surface area contributed by atoms with E-state index in [4.69, 9.17) is 9.47 Å². The first kappa shape index (κ1) is 19.8. The van der Waals surface area contributed by atoms with Gasteiger partial charge in [0.05, 0.1) is 11.8 Å². The molecule has 1 amide bonds. The van der Waals surface area contributed by atoms with Crippen LogP contribution in [0.5, 0.6) is 11.5 Å². The van der Waals surface area contributed by atoms with Gasteiger partial charge < -0.3 is 9.47 Å². The number of hydrazone groups is 1. The molecule has 2 aliphatic heterocycles. The summed E-state index contributed by atoms with van der Waals surface area (Å²) in [4.78, 5) is 13.4. The van der Waals surface area contributed by atoms with E-state index in [-0.39, 0.29) is 24.4 Å². The van der Waals surface area contributed by atoms with Gasteiger partial charge in [-0.1, -0.05) is 52.3 Å². The molecule has 31 heavy (non-hydrogen) atoms. The fourth-order valence-corrected chi connectivity index (χ4v) is 4.03. The monoisotopic (exact) mass is 480 g/mol. The summed E-state index contributed by atoms with van der Waals surface area (Å²) >= 11 is 3.44. The van der Waals surface area contributed by atoms with Crippen molar-refractivity contribution in [1.29, 1.82) is 0 Å². The molecule has 2 aliphatic rings. The van der Waals surface area contributed by atoms with Crippen molar-refractivity contribution in [3.8, 4) is 11.5 Å². The summed E-state index contributed by atoms with van der Waals surface area (Å²) in [5.41, 5.74) is 2.52. The average molecular weight is 481 g/mol. The van der Waals surface area contributed by atoms with Crippen LogP contribution in [-0.4, -0.2) is 29.3 Å². The van der Waals surface area contributed by atoms with Gasteiger partial charge in [0.25, 0.3) is 5.91 Å². The van der Waals surface area contributed by atoms with Crippen molar-refractivity contribution in [3.05, 3.63) is 94.2 Å². The second-order valence-electron chi connectivity index (χ2n) is 7.37. The first-order valence-corrected chi connectivity index (χ1v) is 10.7. The third kappa shape index (κ3) is 3.93. The van der Waals surface area contributed by atoms with Crippen molar-refractivity contribution in [2.75, 3.05) is 6.61 Å². The van der Waals surface area contributed by atoms with E-state index in [1.54, 1.807) is 24.3 Å². The van der Waals surface area contributed by atoms with Crippen molar-refractivity contribution < 1.29 is 18.7 Å². The molecule has 0 aliphatic carbocycles. The number of ether oxygens (including phenoxy) is 2. The molecule has 0 aromatic heterocycles. The minimum Gasteiger partial charge on any atom is -0.485 e. The standard InChI is InChI=1S/C24H18BrFN2O3/c25-17-9-5-15(6-10-17)19-13-20(16-7-11-18(26)12-8-16)28(27-19)24(29)23-14-30-21-3-1-2-4-22(21)31-23/h1-12,20,23H,13-14H2. The van der Waals surface area contributed by atoms with Crippen LogP contribution >= 0.6 is 15.9 Å². The van der Waals surface area contributed by atoms with Crippen molar-refractivity contribution in [2.24, 2.45) is 5.10 Å². The summed E-state index contributed by atoms with van der Waals surface area (Å²) in [5.74, 6) is 0.522. The summed E-state index contributed by atoms with van der Waals surface area (Å²) in [6, 6.07) is 20.8. The van der Waals surface area contributed by atoms with Crippen LogP contribution in [0.1, 0.15) is 23.6 Å². The molecule has 156 valence electrons. The van der Waals surface area contributed by atoms with Crippen LogP contribution in [0.25, 0.3) is 0 Å². The van der Waals surface area contributed by atoms with Gasteiger partial charge in [0.15, 0.2) is 11.5 Å². The summed E-state index contributed by atoms with van der Waals surface area (Å²) in [6.07, 6.45) is -0.297. The number of fused-ring (bicyclic) bond motifs is 1. The number of amides is 1. The van der Waals surface area contributed by atoms with Crippen LogP contribution in [0.3, 0.4) is 0 Å². The summed E-state index contributed by atoms with van der Waals surface area (Å²) < 4.78 is 26.1. The number of para-hydroxylation sites is 2. The van der Waals surface area contributed by atoms with Crippen molar-refractivity contribution in [3.63, 3.8) is 0 Å². The number of carbonyl (C=O) groups is 1. The lowest BCUT2D eigenvalue weighted by Gasteiger charge is -2.30. The number of hydrogen-bond acceptors (Lipinski definition) is 4. The largest absolute Gasteiger partial charge is 0.485 e. The molecule has 7 heteroatoms. The highest BCUT2D eigenvalue weighted by Crippen LogP contribution is 2.36. The summed E-state index contributed by atoms with van der Waals surface area (Å²) in [5, 5.41) is 6.11. The van der Waals surface area contributed by atoms with Gasteiger partial charge in [-0.05, 0) is 47.5 Å². The zero-order valence-electron chi connectivity index (χ0n) is 16.4. The number of hydrogen-bond donors (Lipinski definition) is 0. The predicted octanol–water partition coefficient (Wildman–Crippen LogP) is 5.11. The Labute approximate surface area is 187 Å². The van der Waals surface area contributed by atoms with Gasteiger partial charge >= 0.3 is 0 Å². The summed E-state index contributed by atoms with van der Waals surface area (Å²) in [7, 11) is 0. The Morgan fingerprint density at radius 1 is 1.00 bits per heavy atom. The predicted molar refractivity (Wildman–Crippen MR) is 118 cm³/mol. The molecular formula is C24H18BrFN2O3. The second kappa shape index (κ2) is 8.15. The fourth-order valence-electron chi connectivity index (χ4n) is 3.76. The van der Waals surface area contributed by atoms with Gasteiger partial charge in [0.2, 0.25) is 6.10 Å². The van der Waals surface area contributed by atoms with Gasteiger partial charge in [0.1, 0.15) is 12.4 Å². The first-order valence-electron chi connectivity index (χ1n) is 9.89. The average Bonchev–Trinajstić information content (AvgIpc) is 3.24. The molecular weight excluding hydrogens is 463 g/mol. The molecule has 3 aromatic carbocycles. The number of nitrogens with zero attached hydrogens (tertiary/aromatic N) is 2. The van der Waals surface area contributed by atoms with E-state index in [9.17, 15) is 9.18 Å². The molecule has 0 saturated heterocycles. The molecule has 2 atom stereocenters. The van der Waals surface area contributed by atoms with E-state index < -0.39 is 6.10 Å². The summed E-state index contributed by atoms with van der Waals surface area (Å²) in [6.45, 7) is 0.103.